The van der Waals surface area contributed by atoms with Crippen molar-refractivity contribution in [2.75, 3.05) is 5.88 Å². The van der Waals surface area contributed by atoms with E-state index in [9.17, 15) is 4.79 Å². The van der Waals surface area contributed by atoms with E-state index in [1.807, 2.05) is 19.1 Å². The van der Waals surface area contributed by atoms with Gasteiger partial charge in [0.05, 0.1) is 6.04 Å². The number of hydrogen-bond donors (Lipinski definition) is 1. The van der Waals surface area contributed by atoms with Crippen molar-refractivity contribution in [1.82, 2.24) is 5.32 Å². The summed E-state index contributed by atoms with van der Waals surface area (Å²) < 4.78 is 0. The standard InChI is InChI=1S/C14H20ClNO/c1-11-7-3-4-8-13(11)12(2)16-14(17)9-5-6-10-15/h3-4,7-8,12H,5-6,9-10H2,1-2H3,(H,16,17)/t12-/m1/s1. The van der Waals surface area contributed by atoms with E-state index in [4.69, 9.17) is 11.6 Å². The first-order valence-electron chi connectivity index (χ1n) is 6.06. The third-order valence-corrected chi connectivity index (χ3v) is 3.09. The van der Waals surface area contributed by atoms with E-state index in [1.54, 1.807) is 0 Å². The van der Waals surface area contributed by atoms with Crippen molar-refractivity contribution in [1.29, 1.82) is 0 Å². The summed E-state index contributed by atoms with van der Waals surface area (Å²) in [4.78, 5) is 11.7. The number of amides is 1. The lowest BCUT2D eigenvalue weighted by Crippen LogP contribution is -2.26. The Labute approximate surface area is 108 Å². The van der Waals surface area contributed by atoms with Crippen LogP contribution in [0.25, 0.3) is 0 Å². The van der Waals surface area contributed by atoms with Gasteiger partial charge >= 0.3 is 0 Å². The largest absolute Gasteiger partial charge is 0.350 e. The molecule has 0 saturated heterocycles. The zero-order chi connectivity index (χ0) is 12.7. The van der Waals surface area contributed by atoms with Crippen LogP contribution in [0.3, 0.4) is 0 Å². The molecule has 1 rings (SSSR count). The number of hydrogen-bond acceptors (Lipinski definition) is 1. The molecule has 3 heteroatoms. The van der Waals surface area contributed by atoms with Crippen molar-refractivity contribution in [2.24, 2.45) is 0 Å². The summed E-state index contributed by atoms with van der Waals surface area (Å²) in [6.45, 7) is 4.08. The van der Waals surface area contributed by atoms with E-state index in [0.29, 0.717) is 12.3 Å². The first-order chi connectivity index (χ1) is 8.15. The van der Waals surface area contributed by atoms with Gasteiger partial charge in [0.15, 0.2) is 0 Å². The van der Waals surface area contributed by atoms with Crippen LogP contribution in [0.2, 0.25) is 0 Å². The van der Waals surface area contributed by atoms with Gasteiger partial charge in [0.25, 0.3) is 0 Å². The Morgan fingerprint density at radius 2 is 2.06 bits per heavy atom. The molecule has 0 radical (unpaired) electrons. The lowest BCUT2D eigenvalue weighted by atomic mass is 10.0. The molecular formula is C14H20ClNO. The van der Waals surface area contributed by atoms with Gasteiger partial charge in [-0.1, -0.05) is 24.3 Å². The van der Waals surface area contributed by atoms with Crippen molar-refractivity contribution in [2.45, 2.75) is 39.2 Å². The predicted octanol–water partition coefficient (Wildman–Crippen LogP) is 3.58. The van der Waals surface area contributed by atoms with Gasteiger partial charge in [-0.25, -0.2) is 0 Å². The lowest BCUT2D eigenvalue weighted by molar-refractivity contribution is -0.121. The molecule has 94 valence electrons. The predicted molar refractivity (Wildman–Crippen MR) is 72.3 cm³/mol. The number of alkyl halides is 1. The molecule has 1 aromatic carbocycles. The fourth-order valence-electron chi connectivity index (χ4n) is 1.84. The van der Waals surface area contributed by atoms with Crippen LogP contribution >= 0.6 is 11.6 Å². The van der Waals surface area contributed by atoms with Crippen molar-refractivity contribution in [3.63, 3.8) is 0 Å². The summed E-state index contributed by atoms with van der Waals surface area (Å²) >= 11 is 5.58. The molecule has 0 bridgehead atoms. The molecule has 1 amide bonds. The van der Waals surface area contributed by atoms with Crippen LogP contribution < -0.4 is 5.32 Å². The van der Waals surface area contributed by atoms with Crippen LogP contribution in [0.4, 0.5) is 0 Å². The monoisotopic (exact) mass is 253 g/mol. The number of halogens is 1. The summed E-state index contributed by atoms with van der Waals surface area (Å²) in [6.07, 6.45) is 2.31. The van der Waals surface area contributed by atoms with Crippen molar-refractivity contribution >= 4 is 17.5 Å². The molecule has 2 nitrogen and oxygen atoms in total. The van der Waals surface area contributed by atoms with E-state index in [1.165, 1.54) is 11.1 Å². The number of benzene rings is 1. The van der Waals surface area contributed by atoms with Crippen LogP contribution in [-0.2, 0) is 4.79 Å². The molecule has 0 unspecified atom stereocenters. The highest BCUT2D eigenvalue weighted by Crippen LogP contribution is 2.16. The Morgan fingerprint density at radius 1 is 1.35 bits per heavy atom. The van der Waals surface area contributed by atoms with Crippen LogP contribution in [0.15, 0.2) is 24.3 Å². The molecular weight excluding hydrogens is 234 g/mol. The Bertz CT molecular complexity index is 365. The van der Waals surface area contributed by atoms with E-state index >= 15 is 0 Å². The fraction of sp³-hybridized carbons (Fsp3) is 0.500. The highest BCUT2D eigenvalue weighted by atomic mass is 35.5. The normalized spacial score (nSPS) is 12.2. The highest BCUT2D eigenvalue weighted by Gasteiger charge is 2.10. The third kappa shape index (κ3) is 4.78. The fourth-order valence-corrected chi connectivity index (χ4v) is 2.03. The van der Waals surface area contributed by atoms with Gasteiger partial charge in [-0.05, 0) is 37.8 Å². The van der Waals surface area contributed by atoms with Crippen LogP contribution in [0, 0.1) is 6.92 Å². The molecule has 1 aromatic rings. The van der Waals surface area contributed by atoms with Gasteiger partial charge in [0, 0.05) is 12.3 Å². The average molecular weight is 254 g/mol. The third-order valence-electron chi connectivity index (χ3n) is 2.82. The molecule has 0 aliphatic heterocycles. The van der Waals surface area contributed by atoms with Crippen molar-refractivity contribution in [3.05, 3.63) is 35.4 Å². The number of unbranched alkanes of at least 4 members (excludes halogenated alkanes) is 1. The van der Waals surface area contributed by atoms with E-state index in [0.717, 1.165) is 12.8 Å². The first-order valence-corrected chi connectivity index (χ1v) is 6.59. The molecule has 0 aliphatic carbocycles. The lowest BCUT2D eigenvalue weighted by Gasteiger charge is -2.16. The maximum absolute atomic E-state index is 11.7. The summed E-state index contributed by atoms with van der Waals surface area (Å²) in [7, 11) is 0. The number of carbonyl (C=O) groups is 1. The van der Waals surface area contributed by atoms with Gasteiger partial charge in [0.2, 0.25) is 5.91 Å². The Kier molecular flexibility index (Phi) is 6.06. The second-order valence-electron chi connectivity index (χ2n) is 4.29. The van der Waals surface area contributed by atoms with Crippen molar-refractivity contribution in [3.8, 4) is 0 Å². The highest BCUT2D eigenvalue weighted by molar-refractivity contribution is 6.17. The summed E-state index contributed by atoms with van der Waals surface area (Å²) in [5, 5.41) is 3.01. The molecule has 0 heterocycles. The minimum absolute atomic E-state index is 0.0692. The maximum atomic E-state index is 11.7. The Morgan fingerprint density at radius 3 is 2.71 bits per heavy atom. The number of carbonyl (C=O) groups excluding carboxylic acids is 1. The van der Waals surface area contributed by atoms with Crippen LogP contribution in [-0.4, -0.2) is 11.8 Å². The van der Waals surface area contributed by atoms with E-state index in [2.05, 4.69) is 24.4 Å². The SMILES string of the molecule is Cc1ccccc1[C@@H](C)NC(=O)CCCCCl. The summed E-state index contributed by atoms with van der Waals surface area (Å²) in [5.41, 5.74) is 2.39. The second kappa shape index (κ2) is 7.33. The average Bonchev–Trinajstić information content (AvgIpc) is 2.29. The van der Waals surface area contributed by atoms with Gasteiger partial charge in [-0.2, -0.15) is 0 Å². The molecule has 1 atom stereocenters. The van der Waals surface area contributed by atoms with Gasteiger partial charge in [0.1, 0.15) is 0 Å². The molecule has 0 fully saturated rings. The summed E-state index contributed by atoms with van der Waals surface area (Å²) in [5.74, 6) is 0.728. The van der Waals surface area contributed by atoms with Gasteiger partial charge in [-0.3, -0.25) is 4.79 Å². The zero-order valence-electron chi connectivity index (χ0n) is 10.5. The molecule has 1 N–H and O–H groups in total. The smallest absolute Gasteiger partial charge is 0.220 e. The number of rotatable bonds is 6. The number of nitrogens with one attached hydrogen (secondary N) is 1. The van der Waals surface area contributed by atoms with E-state index in [-0.39, 0.29) is 11.9 Å². The second-order valence-corrected chi connectivity index (χ2v) is 4.67. The molecule has 0 aromatic heterocycles. The molecule has 0 saturated carbocycles. The molecule has 0 aliphatic rings. The topological polar surface area (TPSA) is 29.1 Å². The zero-order valence-corrected chi connectivity index (χ0v) is 11.3. The van der Waals surface area contributed by atoms with E-state index < -0.39 is 0 Å². The Hall–Kier alpha value is -1.02. The van der Waals surface area contributed by atoms with Gasteiger partial charge < -0.3 is 5.32 Å². The van der Waals surface area contributed by atoms with Crippen molar-refractivity contribution < 1.29 is 4.79 Å². The van der Waals surface area contributed by atoms with Crippen LogP contribution in [0.1, 0.15) is 43.4 Å². The molecule has 0 spiro atoms. The summed E-state index contributed by atoms with van der Waals surface area (Å²) in [6, 6.07) is 8.19. The number of aryl methyl sites for hydroxylation is 1. The maximum Gasteiger partial charge on any atom is 0.220 e. The van der Waals surface area contributed by atoms with Gasteiger partial charge in [-0.15, -0.1) is 11.6 Å². The Balaban J connectivity index is 2.46. The minimum Gasteiger partial charge on any atom is -0.350 e. The first kappa shape index (κ1) is 14.0. The minimum atomic E-state index is 0.0692. The quantitative estimate of drug-likeness (QED) is 0.609. The van der Waals surface area contributed by atoms with Crippen LogP contribution in [0.5, 0.6) is 0 Å². The molecule has 17 heavy (non-hydrogen) atoms.